The molecule has 0 aromatic heterocycles. The quantitative estimate of drug-likeness (QED) is 0.378. The van der Waals surface area contributed by atoms with Crippen LogP contribution in [0.25, 0.3) is 10.8 Å². The minimum absolute atomic E-state index is 0.110. The molecule has 0 spiro atoms. The zero-order chi connectivity index (χ0) is 28.0. The Labute approximate surface area is 232 Å². The van der Waals surface area contributed by atoms with Crippen molar-refractivity contribution in [2.24, 2.45) is 0 Å². The van der Waals surface area contributed by atoms with E-state index in [9.17, 15) is 18.0 Å². The van der Waals surface area contributed by atoms with Gasteiger partial charge in [0.05, 0.1) is 11.9 Å². The summed E-state index contributed by atoms with van der Waals surface area (Å²) in [5, 5.41) is 4.80. The molecule has 1 fully saturated rings. The number of carbonyl (C=O) groups excluding carboxylic acids is 2. The van der Waals surface area contributed by atoms with E-state index in [1.54, 1.807) is 17.0 Å². The van der Waals surface area contributed by atoms with Gasteiger partial charge in [-0.2, -0.15) is 0 Å². The van der Waals surface area contributed by atoms with Crippen molar-refractivity contribution in [3.63, 3.8) is 0 Å². The Kier molecular flexibility index (Phi) is 9.28. The van der Waals surface area contributed by atoms with Gasteiger partial charge in [-0.25, -0.2) is 8.42 Å². The van der Waals surface area contributed by atoms with Crippen LogP contribution in [-0.4, -0.2) is 50.0 Å². The van der Waals surface area contributed by atoms with E-state index in [4.69, 9.17) is 0 Å². The smallest absolute Gasteiger partial charge is 0.244 e. The van der Waals surface area contributed by atoms with Crippen molar-refractivity contribution >= 4 is 38.3 Å². The first-order chi connectivity index (χ1) is 18.7. The summed E-state index contributed by atoms with van der Waals surface area (Å²) in [7, 11) is -3.81. The van der Waals surface area contributed by atoms with Crippen molar-refractivity contribution in [3.8, 4) is 0 Å². The third-order valence-corrected chi connectivity index (χ3v) is 8.78. The Balaban J connectivity index is 1.68. The van der Waals surface area contributed by atoms with Gasteiger partial charge in [0.15, 0.2) is 0 Å². The van der Waals surface area contributed by atoms with E-state index in [1.165, 1.54) is 6.42 Å². The average Bonchev–Trinajstić information content (AvgIpc) is 2.92. The Morgan fingerprint density at radius 1 is 0.949 bits per heavy atom. The van der Waals surface area contributed by atoms with Crippen molar-refractivity contribution in [3.05, 3.63) is 77.9 Å². The number of nitrogens with zero attached hydrogens (tertiary/aromatic N) is 2. The van der Waals surface area contributed by atoms with E-state index in [1.807, 2.05) is 68.4 Å². The summed E-state index contributed by atoms with van der Waals surface area (Å²) in [6, 6.07) is 20.1. The highest BCUT2D eigenvalue weighted by Gasteiger charge is 2.33. The molecule has 3 aromatic rings. The molecule has 4 rings (SSSR count). The molecular formula is C31H39N3O4S. The van der Waals surface area contributed by atoms with E-state index in [2.05, 4.69) is 5.32 Å². The van der Waals surface area contributed by atoms with Crippen LogP contribution in [0.15, 0.2) is 66.7 Å². The zero-order valence-corrected chi connectivity index (χ0v) is 23.9. The van der Waals surface area contributed by atoms with Gasteiger partial charge >= 0.3 is 0 Å². The Morgan fingerprint density at radius 2 is 1.62 bits per heavy atom. The summed E-state index contributed by atoms with van der Waals surface area (Å²) in [6.45, 7) is 3.68. The fraction of sp³-hybridized carbons (Fsp3) is 0.419. The molecule has 1 saturated carbocycles. The van der Waals surface area contributed by atoms with Crippen LogP contribution in [-0.2, 0) is 26.2 Å². The van der Waals surface area contributed by atoms with Crippen LogP contribution >= 0.6 is 0 Å². The van der Waals surface area contributed by atoms with E-state index >= 15 is 0 Å². The molecule has 0 heterocycles. The number of anilines is 1. The first-order valence-electron chi connectivity index (χ1n) is 13.8. The number of hydrogen-bond donors (Lipinski definition) is 1. The van der Waals surface area contributed by atoms with Gasteiger partial charge in [0.25, 0.3) is 0 Å². The van der Waals surface area contributed by atoms with Gasteiger partial charge in [-0.1, -0.05) is 86.8 Å². The second kappa shape index (κ2) is 12.6. The normalized spacial score (nSPS) is 15.1. The van der Waals surface area contributed by atoms with Gasteiger partial charge in [0, 0.05) is 18.0 Å². The Morgan fingerprint density at radius 3 is 2.31 bits per heavy atom. The third kappa shape index (κ3) is 6.98. The molecule has 0 saturated heterocycles. The maximum absolute atomic E-state index is 14.1. The fourth-order valence-corrected chi connectivity index (χ4v) is 6.32. The molecule has 208 valence electrons. The molecular weight excluding hydrogens is 510 g/mol. The van der Waals surface area contributed by atoms with E-state index in [0.717, 1.165) is 58.1 Å². The lowest BCUT2D eigenvalue weighted by molar-refractivity contribution is -0.140. The van der Waals surface area contributed by atoms with Gasteiger partial charge in [0.2, 0.25) is 21.8 Å². The lowest BCUT2D eigenvalue weighted by Gasteiger charge is -2.34. The monoisotopic (exact) mass is 549 g/mol. The molecule has 3 aromatic carbocycles. The van der Waals surface area contributed by atoms with E-state index in [0.29, 0.717) is 12.1 Å². The average molecular weight is 550 g/mol. The maximum Gasteiger partial charge on any atom is 0.244 e. The number of carbonyl (C=O) groups is 2. The number of nitrogens with one attached hydrogen (secondary N) is 1. The first kappa shape index (κ1) is 28.6. The maximum atomic E-state index is 14.1. The van der Waals surface area contributed by atoms with Gasteiger partial charge in [-0.05, 0) is 48.8 Å². The summed E-state index contributed by atoms with van der Waals surface area (Å²) < 4.78 is 27.3. The molecule has 0 aliphatic heterocycles. The Bertz CT molecular complexity index is 1410. The highest BCUT2D eigenvalue weighted by molar-refractivity contribution is 7.92. The van der Waals surface area contributed by atoms with Crippen LogP contribution in [0.2, 0.25) is 0 Å². The van der Waals surface area contributed by atoms with Gasteiger partial charge in [-0.15, -0.1) is 0 Å². The highest BCUT2D eigenvalue weighted by Crippen LogP contribution is 2.29. The largest absolute Gasteiger partial charge is 0.352 e. The number of rotatable bonds is 10. The summed E-state index contributed by atoms with van der Waals surface area (Å²) in [5.74, 6) is -0.593. The van der Waals surface area contributed by atoms with Crippen LogP contribution in [0, 0.1) is 6.92 Å². The highest BCUT2D eigenvalue weighted by atomic mass is 32.2. The predicted octanol–water partition coefficient (Wildman–Crippen LogP) is 5.17. The second-order valence-electron chi connectivity index (χ2n) is 10.5. The molecule has 1 aliphatic carbocycles. The van der Waals surface area contributed by atoms with Crippen LogP contribution in [0.3, 0.4) is 0 Å². The molecule has 1 N–H and O–H groups in total. The molecule has 1 unspecified atom stereocenters. The van der Waals surface area contributed by atoms with Gasteiger partial charge in [-0.3, -0.25) is 13.9 Å². The first-order valence-corrected chi connectivity index (χ1v) is 15.6. The molecule has 2 amide bonds. The molecule has 0 radical (unpaired) electrons. The number of hydrogen-bond acceptors (Lipinski definition) is 4. The van der Waals surface area contributed by atoms with E-state index < -0.39 is 28.5 Å². The summed E-state index contributed by atoms with van der Waals surface area (Å²) in [5.41, 5.74) is 2.37. The molecule has 39 heavy (non-hydrogen) atoms. The van der Waals surface area contributed by atoms with Crippen molar-refractivity contribution in [2.75, 3.05) is 17.1 Å². The topological polar surface area (TPSA) is 86.8 Å². The fourth-order valence-electron chi connectivity index (χ4n) is 5.46. The second-order valence-corrected chi connectivity index (χ2v) is 12.4. The summed E-state index contributed by atoms with van der Waals surface area (Å²) in [6.07, 6.45) is 6.76. The summed E-state index contributed by atoms with van der Waals surface area (Å²) in [4.78, 5) is 29.2. The van der Waals surface area contributed by atoms with Crippen molar-refractivity contribution in [1.29, 1.82) is 0 Å². The third-order valence-electron chi connectivity index (χ3n) is 7.65. The molecule has 8 heteroatoms. The Hall–Kier alpha value is -3.39. The number of sulfonamides is 1. The number of fused-ring (bicyclic) bond motifs is 1. The lowest BCUT2D eigenvalue weighted by Crippen LogP contribution is -2.54. The standard InChI is InChI=1S/C31H39N3O4S/c1-4-28(31(36)32-26-17-6-5-7-18-26)33(21-25-15-9-8-13-23(25)2)30(35)22-34(39(3,37)38)29-20-12-16-24-14-10-11-19-27(24)29/h8-16,19-20,26,28H,4-7,17-18,21-22H2,1-3H3,(H,32,36). The van der Waals surface area contributed by atoms with Crippen LogP contribution < -0.4 is 9.62 Å². The van der Waals surface area contributed by atoms with E-state index in [-0.39, 0.29) is 18.5 Å². The van der Waals surface area contributed by atoms with Crippen molar-refractivity contribution in [2.45, 2.75) is 71.0 Å². The number of aryl methyl sites for hydroxylation is 1. The summed E-state index contributed by atoms with van der Waals surface area (Å²) >= 11 is 0. The molecule has 1 atom stereocenters. The van der Waals surface area contributed by atoms with Crippen LogP contribution in [0.1, 0.15) is 56.6 Å². The minimum Gasteiger partial charge on any atom is -0.352 e. The SMILES string of the molecule is CCC(C(=O)NC1CCCCC1)N(Cc1ccccc1C)C(=O)CN(c1cccc2ccccc12)S(C)(=O)=O. The van der Waals surface area contributed by atoms with Crippen LogP contribution in [0.5, 0.6) is 0 Å². The molecule has 1 aliphatic rings. The van der Waals surface area contributed by atoms with Crippen molar-refractivity contribution < 1.29 is 18.0 Å². The number of benzene rings is 3. The van der Waals surface area contributed by atoms with Crippen LogP contribution in [0.4, 0.5) is 5.69 Å². The van der Waals surface area contributed by atoms with Gasteiger partial charge in [0.1, 0.15) is 12.6 Å². The molecule has 0 bridgehead atoms. The van der Waals surface area contributed by atoms with Gasteiger partial charge < -0.3 is 10.2 Å². The molecule has 7 nitrogen and oxygen atoms in total. The lowest BCUT2D eigenvalue weighted by atomic mass is 9.95. The van der Waals surface area contributed by atoms with Crippen molar-refractivity contribution in [1.82, 2.24) is 10.2 Å². The minimum atomic E-state index is -3.81. The zero-order valence-electron chi connectivity index (χ0n) is 23.1. The number of amides is 2. The predicted molar refractivity (Wildman–Crippen MR) is 157 cm³/mol.